The normalized spacial score (nSPS) is 7.81. The highest BCUT2D eigenvalue weighted by molar-refractivity contribution is 5.53. The van der Waals surface area contributed by atoms with Crippen LogP contribution in [0, 0.1) is 6.92 Å². The molecule has 0 aliphatic heterocycles. The molecule has 0 aromatic carbocycles. The second-order valence-corrected chi connectivity index (χ2v) is 2.94. The predicted molar refractivity (Wildman–Crippen MR) is 75.7 cm³/mol. The Morgan fingerprint density at radius 2 is 1.81 bits per heavy atom. The van der Waals surface area contributed by atoms with E-state index < -0.39 is 0 Å². The number of hydrogen-bond donors (Lipinski definition) is 0. The van der Waals surface area contributed by atoms with Gasteiger partial charge in [0.2, 0.25) is 0 Å². The van der Waals surface area contributed by atoms with E-state index >= 15 is 0 Å². The third-order valence-corrected chi connectivity index (χ3v) is 1.86. The van der Waals surface area contributed by atoms with Crippen molar-refractivity contribution in [3.8, 4) is 0 Å². The van der Waals surface area contributed by atoms with Crippen molar-refractivity contribution in [2.75, 3.05) is 0 Å². The minimum Gasteiger partial charge on any atom is -0.261 e. The number of pyridine rings is 1. The number of aryl methyl sites for hydroxylation is 2. The van der Waals surface area contributed by atoms with E-state index in [0.717, 1.165) is 12.1 Å². The van der Waals surface area contributed by atoms with Gasteiger partial charge in [-0.15, -0.1) is 6.58 Å². The van der Waals surface area contributed by atoms with E-state index in [1.54, 1.807) is 6.08 Å². The van der Waals surface area contributed by atoms with E-state index in [1.807, 2.05) is 46.0 Å². The number of hydrogen-bond acceptors (Lipinski definition) is 1. The van der Waals surface area contributed by atoms with Gasteiger partial charge in [-0.3, -0.25) is 4.98 Å². The molecule has 0 atom stereocenters. The molecule has 1 rings (SSSR count). The molecule has 1 heterocycles. The SMILES string of the molecule is C=CC.C=Cc1c(CC)ccnc1C.CC. The second-order valence-electron chi connectivity index (χ2n) is 2.94. The zero-order valence-corrected chi connectivity index (χ0v) is 11.4. The zero-order chi connectivity index (χ0) is 13.0. The molecule has 0 amide bonds. The Kier molecular flexibility index (Phi) is 12.5. The molecule has 16 heavy (non-hydrogen) atoms. The quantitative estimate of drug-likeness (QED) is 0.650. The van der Waals surface area contributed by atoms with Crippen LogP contribution < -0.4 is 0 Å². The summed E-state index contributed by atoms with van der Waals surface area (Å²) in [5.74, 6) is 0. The molecule has 0 radical (unpaired) electrons. The summed E-state index contributed by atoms with van der Waals surface area (Å²) in [6, 6.07) is 2.05. The molecule has 1 nitrogen and oxygen atoms in total. The van der Waals surface area contributed by atoms with Gasteiger partial charge in [0.25, 0.3) is 0 Å². The molecule has 0 aliphatic carbocycles. The molecule has 0 saturated carbocycles. The number of aromatic nitrogens is 1. The van der Waals surface area contributed by atoms with E-state index in [1.165, 1.54) is 11.1 Å². The average molecular weight is 219 g/mol. The molecule has 0 bridgehead atoms. The lowest BCUT2D eigenvalue weighted by Crippen LogP contribution is -1.92. The summed E-state index contributed by atoms with van der Waals surface area (Å²) in [5, 5.41) is 0. The van der Waals surface area contributed by atoms with E-state index in [0.29, 0.717) is 0 Å². The van der Waals surface area contributed by atoms with Crippen LogP contribution in [-0.4, -0.2) is 4.98 Å². The largest absolute Gasteiger partial charge is 0.261 e. The van der Waals surface area contributed by atoms with Gasteiger partial charge in [0.15, 0.2) is 0 Å². The first-order valence-electron chi connectivity index (χ1n) is 5.85. The van der Waals surface area contributed by atoms with Gasteiger partial charge in [-0.1, -0.05) is 39.5 Å². The third kappa shape index (κ3) is 6.18. The Morgan fingerprint density at radius 1 is 1.31 bits per heavy atom. The second kappa shape index (κ2) is 11.7. The molecule has 90 valence electrons. The molecular weight excluding hydrogens is 194 g/mol. The lowest BCUT2D eigenvalue weighted by Gasteiger charge is -2.04. The summed E-state index contributed by atoms with van der Waals surface area (Å²) in [5.41, 5.74) is 3.59. The Hall–Kier alpha value is -1.37. The first-order chi connectivity index (χ1) is 7.71. The van der Waals surface area contributed by atoms with Crippen molar-refractivity contribution in [1.82, 2.24) is 4.98 Å². The Labute approximate surface area is 101 Å². The smallest absolute Gasteiger partial charge is 0.0447 e. The summed E-state index contributed by atoms with van der Waals surface area (Å²) >= 11 is 0. The van der Waals surface area contributed by atoms with Gasteiger partial charge in [-0.2, -0.15) is 0 Å². The summed E-state index contributed by atoms with van der Waals surface area (Å²) in [4.78, 5) is 4.19. The molecule has 0 unspecified atom stereocenters. The molecule has 0 aliphatic rings. The molecule has 0 spiro atoms. The summed E-state index contributed by atoms with van der Waals surface area (Å²) in [6.45, 7) is 17.2. The van der Waals surface area contributed by atoms with Crippen LogP contribution in [0.3, 0.4) is 0 Å². The van der Waals surface area contributed by atoms with Crippen LogP contribution >= 0.6 is 0 Å². The van der Waals surface area contributed by atoms with Gasteiger partial charge in [-0.25, -0.2) is 0 Å². The van der Waals surface area contributed by atoms with Gasteiger partial charge in [-0.05, 0) is 37.5 Å². The monoisotopic (exact) mass is 219 g/mol. The van der Waals surface area contributed by atoms with Crippen molar-refractivity contribution >= 4 is 6.08 Å². The van der Waals surface area contributed by atoms with Crippen molar-refractivity contribution in [3.05, 3.63) is 48.3 Å². The highest BCUT2D eigenvalue weighted by atomic mass is 14.7. The van der Waals surface area contributed by atoms with Gasteiger partial charge in [0.1, 0.15) is 0 Å². The molecule has 0 saturated heterocycles. The molecular formula is C15H25N. The minimum atomic E-state index is 1.05. The highest BCUT2D eigenvalue weighted by Gasteiger charge is 1.99. The van der Waals surface area contributed by atoms with Gasteiger partial charge in [0, 0.05) is 11.9 Å². The summed E-state index contributed by atoms with van der Waals surface area (Å²) in [7, 11) is 0. The zero-order valence-electron chi connectivity index (χ0n) is 11.4. The number of rotatable bonds is 2. The maximum atomic E-state index is 4.19. The predicted octanol–water partition coefficient (Wildman–Crippen LogP) is 4.81. The van der Waals surface area contributed by atoms with Crippen LogP contribution in [0.2, 0.25) is 0 Å². The van der Waals surface area contributed by atoms with E-state index in [4.69, 9.17) is 0 Å². The average Bonchev–Trinajstić information content (AvgIpc) is 2.32. The van der Waals surface area contributed by atoms with E-state index in [9.17, 15) is 0 Å². The maximum Gasteiger partial charge on any atom is 0.0447 e. The summed E-state index contributed by atoms with van der Waals surface area (Å²) in [6.07, 6.45) is 6.52. The van der Waals surface area contributed by atoms with Crippen molar-refractivity contribution < 1.29 is 0 Å². The fourth-order valence-corrected chi connectivity index (χ4v) is 1.22. The third-order valence-electron chi connectivity index (χ3n) is 1.86. The van der Waals surface area contributed by atoms with Crippen molar-refractivity contribution in [2.45, 2.75) is 41.0 Å². The highest BCUT2D eigenvalue weighted by Crippen LogP contribution is 2.13. The van der Waals surface area contributed by atoms with Crippen LogP contribution in [0.15, 0.2) is 31.5 Å². The maximum absolute atomic E-state index is 4.19. The van der Waals surface area contributed by atoms with Crippen LogP contribution in [0.5, 0.6) is 0 Å². The van der Waals surface area contributed by atoms with Crippen molar-refractivity contribution in [2.24, 2.45) is 0 Å². The van der Waals surface area contributed by atoms with Crippen LogP contribution in [-0.2, 0) is 6.42 Å². The Bertz CT molecular complexity index is 300. The lowest BCUT2D eigenvalue weighted by atomic mass is 10.1. The Morgan fingerprint density at radius 3 is 2.12 bits per heavy atom. The molecule has 1 heteroatoms. The van der Waals surface area contributed by atoms with Crippen LogP contribution in [0.4, 0.5) is 0 Å². The molecule has 0 fully saturated rings. The standard InChI is InChI=1S/C10H13N.C3H6.C2H6/c1-4-9-6-7-11-8(3)10(9)5-2;1-3-2;1-2/h5-7H,2,4H2,1,3H3;3H,1H2,2H3;1-2H3. The Balaban J connectivity index is 0. The molecule has 0 N–H and O–H groups in total. The lowest BCUT2D eigenvalue weighted by molar-refractivity contribution is 1.08. The number of allylic oxidation sites excluding steroid dienone is 1. The molecule has 1 aromatic rings. The van der Waals surface area contributed by atoms with Crippen LogP contribution in [0.25, 0.3) is 6.08 Å². The van der Waals surface area contributed by atoms with Crippen LogP contribution in [0.1, 0.15) is 44.5 Å². The fraction of sp³-hybridized carbons (Fsp3) is 0.400. The topological polar surface area (TPSA) is 12.9 Å². The van der Waals surface area contributed by atoms with Crippen molar-refractivity contribution in [3.63, 3.8) is 0 Å². The first kappa shape index (κ1) is 17.0. The summed E-state index contributed by atoms with van der Waals surface area (Å²) < 4.78 is 0. The van der Waals surface area contributed by atoms with Crippen molar-refractivity contribution in [1.29, 1.82) is 0 Å². The minimum absolute atomic E-state index is 1.05. The first-order valence-corrected chi connectivity index (χ1v) is 5.85. The van der Waals surface area contributed by atoms with E-state index in [2.05, 4.69) is 25.1 Å². The van der Waals surface area contributed by atoms with E-state index in [-0.39, 0.29) is 0 Å². The van der Waals surface area contributed by atoms with Gasteiger partial charge in [0.05, 0.1) is 0 Å². The van der Waals surface area contributed by atoms with Gasteiger partial charge >= 0.3 is 0 Å². The van der Waals surface area contributed by atoms with Gasteiger partial charge < -0.3 is 0 Å². The molecule has 1 aromatic heterocycles. The fourth-order valence-electron chi connectivity index (χ4n) is 1.22. The number of nitrogens with zero attached hydrogens (tertiary/aromatic N) is 1.